The number of rotatable bonds is 8. The van der Waals surface area contributed by atoms with Crippen LogP contribution >= 0.6 is 0 Å². The summed E-state index contributed by atoms with van der Waals surface area (Å²) in [4.78, 5) is 24.9. The van der Waals surface area contributed by atoms with E-state index in [9.17, 15) is 14.9 Å². The second-order valence-electron chi connectivity index (χ2n) is 3.82. The van der Waals surface area contributed by atoms with Crippen LogP contribution in [0, 0.1) is 10.1 Å². The summed E-state index contributed by atoms with van der Waals surface area (Å²) in [5, 5.41) is 22.5. The third kappa shape index (κ3) is 4.51. The number of carboxylic acids is 1. The number of aliphatic carboxylic acids is 1. The number of anilines is 1. The van der Waals surface area contributed by atoms with Gasteiger partial charge in [0.15, 0.2) is 0 Å². The van der Waals surface area contributed by atoms with Gasteiger partial charge in [0.05, 0.1) is 4.92 Å². The van der Waals surface area contributed by atoms with Crippen molar-refractivity contribution in [1.29, 1.82) is 0 Å². The van der Waals surface area contributed by atoms with Crippen LogP contribution in [0.15, 0.2) is 18.5 Å². The fourth-order valence-electron chi connectivity index (χ4n) is 1.53. The van der Waals surface area contributed by atoms with E-state index in [2.05, 4.69) is 10.3 Å². The number of methoxy groups -OCH3 is 1. The Bertz CT molecular complexity index is 452. The van der Waals surface area contributed by atoms with Gasteiger partial charge in [-0.3, -0.25) is 15.1 Å². The highest BCUT2D eigenvalue weighted by molar-refractivity contribution is 5.78. The molecule has 0 spiro atoms. The zero-order valence-corrected chi connectivity index (χ0v) is 10.4. The van der Waals surface area contributed by atoms with Crippen LogP contribution in [0.3, 0.4) is 0 Å². The molecule has 1 unspecified atom stereocenters. The van der Waals surface area contributed by atoms with Crippen LogP contribution < -0.4 is 5.32 Å². The zero-order chi connectivity index (χ0) is 14.3. The first-order chi connectivity index (χ1) is 9.06. The summed E-state index contributed by atoms with van der Waals surface area (Å²) >= 11 is 0. The van der Waals surface area contributed by atoms with Gasteiger partial charge in [-0.05, 0) is 18.9 Å². The highest BCUT2D eigenvalue weighted by Gasteiger charge is 2.21. The molecule has 0 aliphatic rings. The van der Waals surface area contributed by atoms with Crippen molar-refractivity contribution in [3.8, 4) is 0 Å². The number of nitro groups is 1. The number of carbonyl (C=O) groups is 1. The van der Waals surface area contributed by atoms with Gasteiger partial charge < -0.3 is 15.2 Å². The van der Waals surface area contributed by atoms with E-state index < -0.39 is 16.9 Å². The first-order valence-electron chi connectivity index (χ1n) is 5.63. The van der Waals surface area contributed by atoms with Gasteiger partial charge in [-0.2, -0.15) is 0 Å². The van der Waals surface area contributed by atoms with Gasteiger partial charge in [-0.1, -0.05) is 0 Å². The zero-order valence-electron chi connectivity index (χ0n) is 10.4. The van der Waals surface area contributed by atoms with Crippen LogP contribution in [0.25, 0.3) is 0 Å². The van der Waals surface area contributed by atoms with E-state index in [4.69, 9.17) is 9.84 Å². The summed E-state index contributed by atoms with van der Waals surface area (Å²) in [6, 6.07) is 0.473. The molecule has 0 saturated carbocycles. The van der Waals surface area contributed by atoms with Crippen LogP contribution in [-0.2, 0) is 9.53 Å². The molecular formula is C11H15N3O5. The molecule has 1 aromatic rings. The van der Waals surface area contributed by atoms with Crippen molar-refractivity contribution in [2.45, 2.75) is 18.9 Å². The Morgan fingerprint density at radius 1 is 1.68 bits per heavy atom. The van der Waals surface area contributed by atoms with Gasteiger partial charge in [0.25, 0.3) is 0 Å². The predicted molar refractivity (Wildman–Crippen MR) is 67.0 cm³/mol. The topological polar surface area (TPSA) is 115 Å². The van der Waals surface area contributed by atoms with Gasteiger partial charge in [0.2, 0.25) is 0 Å². The maximum absolute atomic E-state index is 11.1. The lowest BCUT2D eigenvalue weighted by molar-refractivity contribution is -0.384. The lowest BCUT2D eigenvalue weighted by Gasteiger charge is -2.15. The molecule has 1 atom stereocenters. The van der Waals surface area contributed by atoms with Crippen molar-refractivity contribution in [1.82, 2.24) is 4.98 Å². The molecule has 0 bridgehead atoms. The van der Waals surface area contributed by atoms with Crippen LogP contribution in [-0.4, -0.2) is 40.7 Å². The quantitative estimate of drug-likeness (QED) is 0.415. The average molecular weight is 269 g/mol. The normalized spacial score (nSPS) is 11.8. The van der Waals surface area contributed by atoms with Crippen molar-refractivity contribution in [2.24, 2.45) is 0 Å². The summed E-state index contributed by atoms with van der Waals surface area (Å²) in [7, 11) is 1.52. The summed E-state index contributed by atoms with van der Waals surface area (Å²) < 4.78 is 4.85. The summed E-state index contributed by atoms with van der Waals surface area (Å²) in [6.07, 6.45) is 3.29. The third-order valence-corrected chi connectivity index (χ3v) is 2.47. The van der Waals surface area contributed by atoms with Crippen LogP contribution in [0.1, 0.15) is 12.8 Å². The molecule has 2 N–H and O–H groups in total. The van der Waals surface area contributed by atoms with Crippen molar-refractivity contribution in [2.75, 3.05) is 19.0 Å². The van der Waals surface area contributed by atoms with Gasteiger partial charge in [-0.15, -0.1) is 0 Å². The fourth-order valence-corrected chi connectivity index (χ4v) is 1.53. The smallest absolute Gasteiger partial charge is 0.326 e. The van der Waals surface area contributed by atoms with Gasteiger partial charge in [-0.25, -0.2) is 4.79 Å². The molecule has 104 valence electrons. The Labute approximate surface area is 109 Å². The van der Waals surface area contributed by atoms with Crippen LogP contribution in [0.5, 0.6) is 0 Å². The molecule has 0 saturated heterocycles. The van der Waals surface area contributed by atoms with Crippen LogP contribution in [0.4, 0.5) is 11.4 Å². The number of hydrogen-bond donors (Lipinski definition) is 2. The molecule has 8 nitrogen and oxygen atoms in total. The van der Waals surface area contributed by atoms with Gasteiger partial charge in [0.1, 0.15) is 17.9 Å². The lowest BCUT2D eigenvalue weighted by atomic mass is 10.1. The fraction of sp³-hybridized carbons (Fsp3) is 0.455. The van der Waals surface area contributed by atoms with E-state index in [1.54, 1.807) is 0 Å². The number of nitrogens with one attached hydrogen (secondary N) is 1. The molecular weight excluding hydrogens is 254 g/mol. The summed E-state index contributed by atoms with van der Waals surface area (Å²) in [6.45, 7) is 0.434. The van der Waals surface area contributed by atoms with E-state index >= 15 is 0 Å². The average Bonchev–Trinajstić information content (AvgIpc) is 2.38. The van der Waals surface area contributed by atoms with E-state index in [-0.39, 0.29) is 11.4 Å². The maximum atomic E-state index is 11.1. The van der Waals surface area contributed by atoms with Gasteiger partial charge >= 0.3 is 11.7 Å². The van der Waals surface area contributed by atoms with E-state index in [0.29, 0.717) is 19.4 Å². The third-order valence-electron chi connectivity index (χ3n) is 2.47. The minimum absolute atomic E-state index is 0.143. The Morgan fingerprint density at radius 3 is 3.00 bits per heavy atom. The van der Waals surface area contributed by atoms with E-state index in [0.717, 1.165) is 6.20 Å². The molecule has 1 rings (SSSR count). The number of carboxylic acid groups (broad SMARTS) is 1. The molecule has 0 radical (unpaired) electrons. The Kier molecular flexibility index (Phi) is 5.68. The number of nitrogens with zero attached hydrogens (tertiary/aromatic N) is 2. The molecule has 0 aliphatic carbocycles. The Morgan fingerprint density at radius 2 is 2.42 bits per heavy atom. The van der Waals surface area contributed by atoms with Crippen molar-refractivity contribution >= 4 is 17.3 Å². The number of pyridine rings is 1. The monoisotopic (exact) mass is 269 g/mol. The van der Waals surface area contributed by atoms with Gasteiger partial charge in [0, 0.05) is 19.9 Å². The van der Waals surface area contributed by atoms with E-state index in [1.165, 1.54) is 19.4 Å². The van der Waals surface area contributed by atoms with Crippen LogP contribution in [0.2, 0.25) is 0 Å². The maximum Gasteiger partial charge on any atom is 0.326 e. The Hall–Kier alpha value is -2.22. The number of hydrogen-bond acceptors (Lipinski definition) is 6. The molecule has 1 aromatic heterocycles. The van der Waals surface area contributed by atoms with Crippen molar-refractivity contribution in [3.05, 3.63) is 28.6 Å². The highest BCUT2D eigenvalue weighted by atomic mass is 16.6. The molecule has 8 heteroatoms. The van der Waals surface area contributed by atoms with Crippen molar-refractivity contribution < 1.29 is 19.6 Å². The first kappa shape index (κ1) is 14.8. The molecule has 0 amide bonds. The minimum Gasteiger partial charge on any atom is -0.480 e. The standard InChI is InChI=1S/C11H15N3O5/c1-19-6-2-3-9(11(15)16)13-8-4-5-12-7-10(8)14(17)18/h4-5,7,9H,2-3,6H2,1H3,(H,12,13)(H,15,16). The number of aromatic nitrogens is 1. The predicted octanol–water partition coefficient (Wildman–Crippen LogP) is 1.28. The molecule has 0 aliphatic heterocycles. The molecule has 0 aromatic carbocycles. The minimum atomic E-state index is -1.07. The SMILES string of the molecule is COCCCC(Nc1ccncc1[N+](=O)[O-])C(=O)O. The largest absolute Gasteiger partial charge is 0.480 e. The second kappa shape index (κ2) is 7.27. The molecule has 0 fully saturated rings. The first-order valence-corrected chi connectivity index (χ1v) is 5.63. The molecule has 1 heterocycles. The highest BCUT2D eigenvalue weighted by Crippen LogP contribution is 2.23. The van der Waals surface area contributed by atoms with Crippen molar-refractivity contribution in [3.63, 3.8) is 0 Å². The second-order valence-corrected chi connectivity index (χ2v) is 3.82. The Balaban J connectivity index is 2.79. The summed E-state index contributed by atoms with van der Waals surface area (Å²) in [5.74, 6) is -1.07. The molecule has 19 heavy (non-hydrogen) atoms. The van der Waals surface area contributed by atoms with E-state index in [1.807, 2.05) is 0 Å². The number of ether oxygens (including phenoxy) is 1. The summed E-state index contributed by atoms with van der Waals surface area (Å²) in [5.41, 5.74) is -0.106. The lowest BCUT2D eigenvalue weighted by Crippen LogP contribution is -2.29.